The quantitative estimate of drug-likeness (QED) is 0.647. The van der Waals surface area contributed by atoms with E-state index < -0.39 is 0 Å². The minimum atomic E-state index is -0.142. The number of ether oxygens (including phenoxy) is 2. The maximum absolute atomic E-state index is 11.6. The monoisotopic (exact) mass is 312 g/mol. The Morgan fingerprint density at radius 3 is 2.30 bits per heavy atom. The summed E-state index contributed by atoms with van der Waals surface area (Å²) in [7, 11) is 0. The molecule has 2 rings (SSSR count). The average molecular weight is 312 g/mol. The summed E-state index contributed by atoms with van der Waals surface area (Å²) in [5, 5.41) is 0. The number of hydrogen-bond acceptors (Lipinski definition) is 3. The van der Waals surface area contributed by atoms with Crippen LogP contribution in [-0.4, -0.2) is 19.2 Å². The molecule has 0 bridgehead atoms. The SMILES string of the molecule is CCOC(=O)CC[C@H](COCc1ccccc1)c1ccccc1. The number of benzene rings is 2. The van der Waals surface area contributed by atoms with Crippen molar-refractivity contribution in [1.29, 1.82) is 0 Å². The van der Waals surface area contributed by atoms with Crippen LogP contribution in [0.3, 0.4) is 0 Å². The Balaban J connectivity index is 1.89. The van der Waals surface area contributed by atoms with Gasteiger partial charge in [-0.25, -0.2) is 0 Å². The van der Waals surface area contributed by atoms with E-state index in [0.717, 1.165) is 12.0 Å². The van der Waals surface area contributed by atoms with Gasteiger partial charge in [0.15, 0.2) is 0 Å². The van der Waals surface area contributed by atoms with E-state index in [1.54, 1.807) is 0 Å². The van der Waals surface area contributed by atoms with Crippen LogP contribution in [0.15, 0.2) is 60.7 Å². The molecule has 0 amide bonds. The fraction of sp³-hybridized carbons (Fsp3) is 0.350. The first-order valence-electron chi connectivity index (χ1n) is 8.12. The van der Waals surface area contributed by atoms with Crippen molar-refractivity contribution in [2.24, 2.45) is 0 Å². The Labute approximate surface area is 138 Å². The van der Waals surface area contributed by atoms with Gasteiger partial charge in [-0.1, -0.05) is 60.7 Å². The Hall–Kier alpha value is -2.13. The first-order chi connectivity index (χ1) is 11.3. The zero-order chi connectivity index (χ0) is 16.3. The zero-order valence-corrected chi connectivity index (χ0v) is 13.6. The molecule has 1 atom stereocenters. The van der Waals surface area contributed by atoms with Crippen molar-refractivity contribution in [1.82, 2.24) is 0 Å². The van der Waals surface area contributed by atoms with Crippen LogP contribution in [0.4, 0.5) is 0 Å². The fourth-order valence-electron chi connectivity index (χ4n) is 2.49. The van der Waals surface area contributed by atoms with Crippen LogP contribution >= 0.6 is 0 Å². The van der Waals surface area contributed by atoms with Gasteiger partial charge < -0.3 is 9.47 Å². The second-order valence-electron chi connectivity index (χ2n) is 5.45. The number of carbonyl (C=O) groups excluding carboxylic acids is 1. The largest absolute Gasteiger partial charge is 0.466 e. The summed E-state index contributed by atoms with van der Waals surface area (Å²) in [4.78, 5) is 11.6. The molecule has 0 N–H and O–H groups in total. The first-order valence-corrected chi connectivity index (χ1v) is 8.12. The molecule has 3 heteroatoms. The summed E-state index contributed by atoms with van der Waals surface area (Å²) in [5.74, 6) is 0.0563. The standard InChI is InChI=1S/C20H24O3/c1-2-23-20(21)14-13-19(18-11-7-4-8-12-18)16-22-15-17-9-5-3-6-10-17/h3-12,19H,2,13-16H2,1H3/t19-/m1/s1. The maximum Gasteiger partial charge on any atom is 0.305 e. The molecule has 122 valence electrons. The zero-order valence-electron chi connectivity index (χ0n) is 13.6. The fourth-order valence-corrected chi connectivity index (χ4v) is 2.49. The average Bonchev–Trinajstić information content (AvgIpc) is 2.60. The van der Waals surface area contributed by atoms with Gasteiger partial charge in [0.05, 0.1) is 19.8 Å². The van der Waals surface area contributed by atoms with Gasteiger partial charge in [0, 0.05) is 12.3 Å². The minimum Gasteiger partial charge on any atom is -0.466 e. The summed E-state index contributed by atoms with van der Waals surface area (Å²) in [6.07, 6.45) is 1.15. The van der Waals surface area contributed by atoms with Crippen molar-refractivity contribution in [3.63, 3.8) is 0 Å². The van der Waals surface area contributed by atoms with Gasteiger partial charge in [0.2, 0.25) is 0 Å². The van der Waals surface area contributed by atoms with E-state index in [1.807, 2.05) is 43.3 Å². The molecule has 0 aliphatic heterocycles. The molecule has 2 aromatic carbocycles. The van der Waals surface area contributed by atoms with Crippen LogP contribution in [0.2, 0.25) is 0 Å². The molecule has 0 aliphatic carbocycles. The molecule has 0 fully saturated rings. The van der Waals surface area contributed by atoms with Gasteiger partial charge in [0.25, 0.3) is 0 Å². The molecule has 0 aliphatic rings. The highest BCUT2D eigenvalue weighted by Gasteiger charge is 2.14. The number of hydrogen-bond donors (Lipinski definition) is 0. The van der Waals surface area contributed by atoms with Crippen molar-refractivity contribution in [3.8, 4) is 0 Å². The van der Waals surface area contributed by atoms with Gasteiger partial charge in [-0.2, -0.15) is 0 Å². The Morgan fingerprint density at radius 1 is 1.00 bits per heavy atom. The lowest BCUT2D eigenvalue weighted by atomic mass is 9.95. The van der Waals surface area contributed by atoms with Crippen LogP contribution in [0.5, 0.6) is 0 Å². The van der Waals surface area contributed by atoms with E-state index in [2.05, 4.69) is 24.3 Å². The van der Waals surface area contributed by atoms with E-state index in [0.29, 0.717) is 26.2 Å². The van der Waals surface area contributed by atoms with E-state index in [1.165, 1.54) is 5.56 Å². The number of esters is 1. The lowest BCUT2D eigenvalue weighted by Crippen LogP contribution is -2.12. The van der Waals surface area contributed by atoms with Gasteiger partial charge in [-0.3, -0.25) is 4.79 Å². The Bertz CT molecular complexity index is 566. The van der Waals surface area contributed by atoms with Gasteiger partial charge in [-0.15, -0.1) is 0 Å². The van der Waals surface area contributed by atoms with E-state index in [-0.39, 0.29) is 11.9 Å². The lowest BCUT2D eigenvalue weighted by Gasteiger charge is -2.17. The molecule has 0 saturated carbocycles. The van der Waals surface area contributed by atoms with E-state index in [4.69, 9.17) is 9.47 Å². The van der Waals surface area contributed by atoms with Crippen molar-refractivity contribution < 1.29 is 14.3 Å². The smallest absolute Gasteiger partial charge is 0.305 e. The van der Waals surface area contributed by atoms with Crippen LogP contribution in [0.1, 0.15) is 36.8 Å². The predicted octanol–water partition coefficient (Wildman–Crippen LogP) is 4.33. The summed E-state index contributed by atoms with van der Waals surface area (Å²) in [6.45, 7) is 3.44. The first kappa shape index (κ1) is 17.2. The molecule has 0 radical (unpaired) electrons. The summed E-state index contributed by atoms with van der Waals surface area (Å²) >= 11 is 0. The molecule has 0 unspecified atom stereocenters. The highest BCUT2D eigenvalue weighted by molar-refractivity contribution is 5.69. The van der Waals surface area contributed by atoms with Gasteiger partial charge in [0.1, 0.15) is 0 Å². The molecule has 2 aromatic rings. The molecular formula is C20H24O3. The molecule has 0 saturated heterocycles. The van der Waals surface area contributed by atoms with Crippen LogP contribution < -0.4 is 0 Å². The van der Waals surface area contributed by atoms with Gasteiger partial charge >= 0.3 is 5.97 Å². The van der Waals surface area contributed by atoms with Crippen molar-refractivity contribution in [2.45, 2.75) is 32.3 Å². The maximum atomic E-state index is 11.6. The highest BCUT2D eigenvalue weighted by atomic mass is 16.5. The minimum absolute atomic E-state index is 0.142. The molecular weight excluding hydrogens is 288 g/mol. The van der Waals surface area contributed by atoms with Gasteiger partial charge in [-0.05, 0) is 24.5 Å². The van der Waals surface area contributed by atoms with E-state index in [9.17, 15) is 4.79 Å². The third-order valence-corrected chi connectivity index (χ3v) is 3.70. The Morgan fingerprint density at radius 2 is 1.65 bits per heavy atom. The second kappa shape index (κ2) is 9.80. The second-order valence-corrected chi connectivity index (χ2v) is 5.45. The summed E-state index contributed by atoms with van der Waals surface area (Å²) in [6, 6.07) is 20.3. The molecule has 0 aromatic heterocycles. The lowest BCUT2D eigenvalue weighted by molar-refractivity contribution is -0.143. The summed E-state index contributed by atoms with van der Waals surface area (Å²) in [5.41, 5.74) is 2.36. The molecule has 3 nitrogen and oxygen atoms in total. The van der Waals surface area contributed by atoms with Crippen molar-refractivity contribution in [2.75, 3.05) is 13.2 Å². The van der Waals surface area contributed by atoms with Crippen LogP contribution in [0.25, 0.3) is 0 Å². The third kappa shape index (κ3) is 6.25. The van der Waals surface area contributed by atoms with E-state index >= 15 is 0 Å². The van der Waals surface area contributed by atoms with Crippen molar-refractivity contribution in [3.05, 3.63) is 71.8 Å². The topological polar surface area (TPSA) is 35.5 Å². The van der Waals surface area contributed by atoms with Crippen LogP contribution in [0, 0.1) is 0 Å². The summed E-state index contributed by atoms with van der Waals surface area (Å²) < 4.78 is 10.9. The molecule has 23 heavy (non-hydrogen) atoms. The Kier molecular flexibility index (Phi) is 7.34. The predicted molar refractivity (Wildman–Crippen MR) is 91.1 cm³/mol. The molecule has 0 spiro atoms. The number of rotatable bonds is 9. The van der Waals surface area contributed by atoms with Crippen LogP contribution in [-0.2, 0) is 20.9 Å². The highest BCUT2D eigenvalue weighted by Crippen LogP contribution is 2.22. The normalized spacial score (nSPS) is 11.9. The number of carbonyl (C=O) groups is 1. The third-order valence-electron chi connectivity index (χ3n) is 3.70. The van der Waals surface area contributed by atoms with Crippen molar-refractivity contribution >= 4 is 5.97 Å². The molecule has 0 heterocycles.